The number of aryl methyl sites for hydroxylation is 3. The van der Waals surface area contributed by atoms with Crippen LogP contribution in [-0.4, -0.2) is 53.6 Å². The summed E-state index contributed by atoms with van der Waals surface area (Å²) in [6.07, 6.45) is 0. The molecule has 1 heterocycles. The third-order valence-electron chi connectivity index (χ3n) is 6.72. The molecule has 218 valence electrons. The molecule has 1 atom stereocenters. The van der Waals surface area contributed by atoms with E-state index in [2.05, 4.69) is 15.3 Å². The van der Waals surface area contributed by atoms with Crippen molar-refractivity contribution in [2.24, 2.45) is 0 Å². The number of hydrogen-bond acceptors (Lipinski definition) is 7. The quantitative estimate of drug-likeness (QED) is 0.172. The second-order valence-corrected chi connectivity index (χ2v) is 11.3. The van der Waals surface area contributed by atoms with E-state index in [1.165, 1.54) is 11.8 Å². The number of benzene rings is 3. The first-order valence-electron chi connectivity index (χ1n) is 13.6. The first-order chi connectivity index (χ1) is 20.1. The van der Waals surface area contributed by atoms with Crippen molar-refractivity contribution in [3.63, 3.8) is 0 Å². The Balaban J connectivity index is 1.70. The SMILES string of the molecule is COc1ccc(C(C(=O)Nc2ccc(N(C)C)cc2)N(Cc2ccc(C)cc2)C(=O)CSc2nc(C)cc(C)n2)cc1. The average molecular weight is 584 g/mol. The number of methoxy groups -OCH3 is 1. The third-order valence-corrected chi connectivity index (χ3v) is 7.56. The van der Waals surface area contributed by atoms with Crippen LogP contribution < -0.4 is 15.0 Å². The van der Waals surface area contributed by atoms with E-state index in [0.29, 0.717) is 22.2 Å². The van der Waals surface area contributed by atoms with E-state index >= 15 is 0 Å². The predicted octanol–water partition coefficient (Wildman–Crippen LogP) is 5.98. The van der Waals surface area contributed by atoms with Gasteiger partial charge in [0.05, 0.1) is 12.9 Å². The topological polar surface area (TPSA) is 87.7 Å². The smallest absolute Gasteiger partial charge is 0.251 e. The molecule has 42 heavy (non-hydrogen) atoms. The molecular weight excluding hydrogens is 546 g/mol. The number of amides is 2. The molecule has 9 heteroatoms. The molecule has 0 fully saturated rings. The Bertz CT molecular complexity index is 1490. The summed E-state index contributed by atoms with van der Waals surface area (Å²) in [4.78, 5) is 40.6. The molecule has 1 N–H and O–H groups in total. The second kappa shape index (κ2) is 14.0. The average Bonchev–Trinajstić information content (AvgIpc) is 2.96. The minimum atomic E-state index is -0.904. The lowest BCUT2D eigenvalue weighted by Crippen LogP contribution is -2.41. The van der Waals surface area contributed by atoms with E-state index in [-0.39, 0.29) is 24.1 Å². The number of nitrogens with one attached hydrogen (secondary N) is 1. The van der Waals surface area contributed by atoms with Crippen LogP contribution in [0, 0.1) is 20.8 Å². The summed E-state index contributed by atoms with van der Waals surface area (Å²) in [7, 11) is 5.52. The molecule has 0 spiro atoms. The molecule has 1 unspecified atom stereocenters. The normalized spacial score (nSPS) is 11.5. The van der Waals surface area contributed by atoms with E-state index < -0.39 is 6.04 Å². The number of nitrogens with zero attached hydrogens (tertiary/aromatic N) is 4. The fourth-order valence-corrected chi connectivity index (χ4v) is 5.33. The first kappa shape index (κ1) is 30.6. The summed E-state index contributed by atoms with van der Waals surface area (Å²) >= 11 is 1.27. The van der Waals surface area contributed by atoms with Gasteiger partial charge in [0, 0.05) is 43.4 Å². The molecule has 2 amide bonds. The van der Waals surface area contributed by atoms with Gasteiger partial charge in [-0.25, -0.2) is 9.97 Å². The van der Waals surface area contributed by atoms with Crippen LogP contribution in [-0.2, 0) is 16.1 Å². The molecule has 0 saturated heterocycles. The minimum Gasteiger partial charge on any atom is -0.497 e. The zero-order chi connectivity index (χ0) is 30.2. The van der Waals surface area contributed by atoms with E-state index in [1.807, 2.05) is 106 Å². The molecule has 8 nitrogen and oxygen atoms in total. The lowest BCUT2D eigenvalue weighted by Gasteiger charge is -2.32. The van der Waals surface area contributed by atoms with Crippen LogP contribution in [0.15, 0.2) is 84.0 Å². The Labute approximate surface area is 252 Å². The monoisotopic (exact) mass is 583 g/mol. The Kier molecular flexibility index (Phi) is 10.2. The Morgan fingerprint density at radius 3 is 2.07 bits per heavy atom. The first-order valence-corrected chi connectivity index (χ1v) is 14.6. The molecule has 0 bridgehead atoms. The van der Waals surface area contributed by atoms with Gasteiger partial charge in [-0.15, -0.1) is 0 Å². The highest BCUT2D eigenvalue weighted by molar-refractivity contribution is 7.99. The highest BCUT2D eigenvalue weighted by Gasteiger charge is 2.32. The van der Waals surface area contributed by atoms with Gasteiger partial charge in [-0.2, -0.15) is 0 Å². The summed E-state index contributed by atoms with van der Waals surface area (Å²) in [5.74, 6) is 0.218. The molecule has 1 aromatic heterocycles. The Morgan fingerprint density at radius 1 is 0.881 bits per heavy atom. The standard InChI is InChI=1S/C33H37N5O3S/c1-22-7-9-25(10-8-22)20-38(30(39)21-42-33-34-23(2)19-24(3)35-33)31(26-11-17-29(41-6)18-12-26)32(40)36-27-13-15-28(16-14-27)37(4)5/h7-19,31H,20-21H2,1-6H3,(H,36,40). The summed E-state index contributed by atoms with van der Waals surface area (Å²) in [5.41, 5.74) is 6.04. The van der Waals surface area contributed by atoms with E-state index in [9.17, 15) is 9.59 Å². The zero-order valence-corrected chi connectivity index (χ0v) is 25.7. The molecular formula is C33H37N5O3S. The number of ether oxygens (including phenoxy) is 1. The Hall–Kier alpha value is -4.37. The maximum atomic E-state index is 14.1. The summed E-state index contributed by atoms with van der Waals surface area (Å²) in [6, 6.07) is 23.8. The largest absolute Gasteiger partial charge is 0.497 e. The van der Waals surface area contributed by atoms with Gasteiger partial charge in [0.1, 0.15) is 11.8 Å². The van der Waals surface area contributed by atoms with Crippen molar-refractivity contribution in [2.75, 3.05) is 37.2 Å². The lowest BCUT2D eigenvalue weighted by atomic mass is 10.0. The number of rotatable bonds is 11. The van der Waals surface area contributed by atoms with Crippen LogP contribution in [0.25, 0.3) is 0 Å². The van der Waals surface area contributed by atoms with Crippen molar-refractivity contribution >= 4 is 35.0 Å². The number of aromatic nitrogens is 2. The van der Waals surface area contributed by atoms with Gasteiger partial charge in [-0.3, -0.25) is 9.59 Å². The number of carbonyl (C=O) groups excluding carboxylic acids is 2. The van der Waals surface area contributed by atoms with Crippen molar-refractivity contribution < 1.29 is 14.3 Å². The molecule has 4 rings (SSSR count). The number of carbonyl (C=O) groups is 2. The molecule has 0 aliphatic rings. The zero-order valence-electron chi connectivity index (χ0n) is 24.9. The third kappa shape index (κ3) is 8.10. The van der Waals surface area contributed by atoms with Crippen molar-refractivity contribution in [3.05, 3.63) is 107 Å². The maximum absolute atomic E-state index is 14.1. The molecule has 0 radical (unpaired) electrons. The second-order valence-electron chi connectivity index (χ2n) is 10.3. The van der Waals surface area contributed by atoms with Gasteiger partial charge < -0.3 is 19.9 Å². The molecule has 0 aliphatic carbocycles. The Morgan fingerprint density at radius 2 is 1.50 bits per heavy atom. The van der Waals surface area contributed by atoms with Gasteiger partial charge in [0.25, 0.3) is 5.91 Å². The highest BCUT2D eigenvalue weighted by Crippen LogP contribution is 2.29. The summed E-state index contributed by atoms with van der Waals surface area (Å²) < 4.78 is 5.35. The van der Waals surface area contributed by atoms with Gasteiger partial charge in [0.2, 0.25) is 5.91 Å². The van der Waals surface area contributed by atoms with Gasteiger partial charge in [-0.05, 0) is 74.4 Å². The van der Waals surface area contributed by atoms with E-state index in [4.69, 9.17) is 4.74 Å². The van der Waals surface area contributed by atoms with Crippen LogP contribution in [0.1, 0.15) is 34.1 Å². The molecule has 0 saturated carbocycles. The van der Waals surface area contributed by atoms with Crippen molar-refractivity contribution in [2.45, 2.75) is 38.5 Å². The molecule has 4 aromatic rings. The van der Waals surface area contributed by atoms with Crippen LogP contribution in [0.4, 0.5) is 11.4 Å². The van der Waals surface area contributed by atoms with Gasteiger partial charge in [-0.1, -0.05) is 53.7 Å². The van der Waals surface area contributed by atoms with Crippen LogP contribution >= 0.6 is 11.8 Å². The summed E-state index contributed by atoms with van der Waals surface area (Å²) in [5, 5.41) is 3.57. The molecule has 0 aliphatic heterocycles. The van der Waals surface area contributed by atoms with Gasteiger partial charge >= 0.3 is 0 Å². The van der Waals surface area contributed by atoms with E-state index in [1.54, 1.807) is 24.1 Å². The summed E-state index contributed by atoms with van der Waals surface area (Å²) in [6.45, 7) is 6.07. The fraction of sp³-hybridized carbons (Fsp3) is 0.273. The highest BCUT2D eigenvalue weighted by atomic mass is 32.2. The fourth-order valence-electron chi connectivity index (χ4n) is 4.49. The van der Waals surface area contributed by atoms with Crippen LogP contribution in [0.2, 0.25) is 0 Å². The van der Waals surface area contributed by atoms with Crippen molar-refractivity contribution in [3.8, 4) is 5.75 Å². The maximum Gasteiger partial charge on any atom is 0.251 e. The van der Waals surface area contributed by atoms with Crippen molar-refractivity contribution in [1.82, 2.24) is 14.9 Å². The minimum absolute atomic E-state index is 0.0756. The molecule has 3 aromatic carbocycles. The van der Waals surface area contributed by atoms with E-state index in [0.717, 1.165) is 28.2 Å². The van der Waals surface area contributed by atoms with Crippen molar-refractivity contribution in [1.29, 1.82) is 0 Å². The number of thioether (sulfide) groups is 1. The van der Waals surface area contributed by atoms with Crippen LogP contribution in [0.3, 0.4) is 0 Å². The number of anilines is 2. The predicted molar refractivity (Wildman–Crippen MR) is 169 cm³/mol. The number of hydrogen-bond donors (Lipinski definition) is 1. The van der Waals surface area contributed by atoms with Crippen LogP contribution in [0.5, 0.6) is 5.75 Å². The lowest BCUT2D eigenvalue weighted by molar-refractivity contribution is -0.137. The van der Waals surface area contributed by atoms with Gasteiger partial charge in [0.15, 0.2) is 5.16 Å².